The fourth-order valence-corrected chi connectivity index (χ4v) is 2.48. The number of phenols is 1. The number of rotatable bonds is 2. The molecule has 0 fully saturated rings. The molecule has 1 N–H and O–H groups in total. The lowest BCUT2D eigenvalue weighted by atomic mass is 9.78. The molecule has 0 aromatic heterocycles. The van der Waals surface area contributed by atoms with E-state index < -0.39 is 0 Å². The quantitative estimate of drug-likeness (QED) is 0.677. The lowest BCUT2D eigenvalue weighted by Crippen LogP contribution is -2.18. The molecule has 1 atom stereocenters. The second kappa shape index (κ2) is 5.47. The first-order valence-corrected chi connectivity index (χ1v) is 7.92. The van der Waals surface area contributed by atoms with Crippen LogP contribution in [-0.2, 0) is 10.8 Å². The molecule has 1 nitrogen and oxygen atoms in total. The Morgan fingerprint density at radius 3 is 1.63 bits per heavy atom. The molecule has 0 aliphatic carbocycles. The smallest absolute Gasteiger partial charge is 0.123 e. The highest BCUT2D eigenvalue weighted by Crippen LogP contribution is 2.42. The predicted octanol–water partition coefficient (Wildman–Crippen LogP) is 5.83. The highest BCUT2D eigenvalue weighted by molar-refractivity contribution is 9.09. The van der Waals surface area contributed by atoms with Crippen LogP contribution in [0.5, 0.6) is 5.75 Å². The predicted molar refractivity (Wildman–Crippen MR) is 87.5 cm³/mol. The Morgan fingerprint density at radius 2 is 1.37 bits per heavy atom. The van der Waals surface area contributed by atoms with E-state index in [-0.39, 0.29) is 10.8 Å². The number of halogens is 1. The zero-order valence-electron chi connectivity index (χ0n) is 13.3. The summed E-state index contributed by atoms with van der Waals surface area (Å²) < 4.78 is 0. The highest BCUT2D eigenvalue weighted by atomic mass is 79.9. The molecule has 0 aliphatic rings. The molecule has 1 aromatic carbocycles. The van der Waals surface area contributed by atoms with E-state index in [1.807, 2.05) is 0 Å². The Hall–Kier alpha value is -0.500. The van der Waals surface area contributed by atoms with Gasteiger partial charge in [-0.1, -0.05) is 76.5 Å². The van der Waals surface area contributed by atoms with Gasteiger partial charge < -0.3 is 5.11 Å². The Labute approximate surface area is 126 Å². The summed E-state index contributed by atoms with van der Waals surface area (Å²) >= 11 is 3.73. The maximum Gasteiger partial charge on any atom is 0.123 e. The molecule has 0 bridgehead atoms. The van der Waals surface area contributed by atoms with Gasteiger partial charge in [0.25, 0.3) is 0 Å². The standard InChI is InChI=1S/C17H27BrO/c1-8-14(18)11-9-12(16(2,3)4)15(19)13(10-11)17(5,6)7/h9-10,14,19H,8H2,1-7H3. The third kappa shape index (κ3) is 3.75. The number of alkyl halides is 1. The van der Waals surface area contributed by atoms with E-state index in [0.29, 0.717) is 10.6 Å². The number of phenolic OH excluding ortho intramolecular Hbond substituents is 1. The van der Waals surface area contributed by atoms with Crippen LogP contribution in [-0.4, -0.2) is 5.11 Å². The van der Waals surface area contributed by atoms with Crippen molar-refractivity contribution in [2.45, 2.75) is 70.5 Å². The van der Waals surface area contributed by atoms with Gasteiger partial charge in [-0.15, -0.1) is 0 Å². The summed E-state index contributed by atoms with van der Waals surface area (Å²) in [5.74, 6) is 0.458. The van der Waals surface area contributed by atoms with Crippen molar-refractivity contribution in [2.24, 2.45) is 0 Å². The minimum absolute atomic E-state index is 0.0550. The molecule has 19 heavy (non-hydrogen) atoms. The molecule has 1 rings (SSSR count). The van der Waals surface area contributed by atoms with E-state index in [1.165, 1.54) is 5.56 Å². The van der Waals surface area contributed by atoms with E-state index >= 15 is 0 Å². The van der Waals surface area contributed by atoms with Gasteiger partial charge in [-0.25, -0.2) is 0 Å². The van der Waals surface area contributed by atoms with Gasteiger partial charge in [-0.2, -0.15) is 0 Å². The lowest BCUT2D eigenvalue weighted by Gasteiger charge is -2.29. The fourth-order valence-electron chi connectivity index (χ4n) is 2.22. The third-order valence-electron chi connectivity index (χ3n) is 3.47. The summed E-state index contributed by atoms with van der Waals surface area (Å²) in [6.07, 6.45) is 1.04. The molecule has 0 heterocycles. The first kappa shape index (κ1) is 16.6. The van der Waals surface area contributed by atoms with Crippen molar-refractivity contribution >= 4 is 15.9 Å². The van der Waals surface area contributed by atoms with Crippen LogP contribution >= 0.6 is 15.9 Å². The van der Waals surface area contributed by atoms with Gasteiger partial charge >= 0.3 is 0 Å². The number of hydrogen-bond acceptors (Lipinski definition) is 1. The Morgan fingerprint density at radius 1 is 1.00 bits per heavy atom. The van der Waals surface area contributed by atoms with Crippen molar-refractivity contribution in [1.29, 1.82) is 0 Å². The van der Waals surface area contributed by atoms with Crippen LogP contribution in [0.4, 0.5) is 0 Å². The molecular weight excluding hydrogens is 300 g/mol. The molecule has 1 unspecified atom stereocenters. The van der Waals surface area contributed by atoms with E-state index in [1.54, 1.807) is 0 Å². The maximum absolute atomic E-state index is 10.6. The normalized spacial score (nSPS) is 14.5. The van der Waals surface area contributed by atoms with Crippen LogP contribution in [0.3, 0.4) is 0 Å². The lowest BCUT2D eigenvalue weighted by molar-refractivity contribution is 0.422. The van der Waals surface area contributed by atoms with Crippen LogP contribution in [0.25, 0.3) is 0 Å². The molecule has 0 spiro atoms. The zero-order chi connectivity index (χ0) is 15.0. The number of benzene rings is 1. The second-order valence-corrected chi connectivity index (χ2v) is 8.45. The molecule has 0 saturated heterocycles. The van der Waals surface area contributed by atoms with Gasteiger partial charge in [0.05, 0.1) is 0 Å². The van der Waals surface area contributed by atoms with Crippen LogP contribution < -0.4 is 0 Å². The van der Waals surface area contributed by atoms with E-state index in [2.05, 4.69) is 76.5 Å². The van der Waals surface area contributed by atoms with Gasteiger partial charge in [0.2, 0.25) is 0 Å². The van der Waals surface area contributed by atoms with E-state index in [0.717, 1.165) is 17.5 Å². The number of hydrogen-bond donors (Lipinski definition) is 1. The van der Waals surface area contributed by atoms with E-state index in [9.17, 15) is 5.11 Å². The third-order valence-corrected chi connectivity index (χ3v) is 4.64. The highest BCUT2D eigenvalue weighted by Gasteiger charge is 2.27. The molecule has 0 saturated carbocycles. The first-order chi connectivity index (χ1) is 8.48. The monoisotopic (exact) mass is 326 g/mol. The van der Waals surface area contributed by atoms with Crippen molar-refractivity contribution in [3.8, 4) is 5.75 Å². The molecule has 2 heteroatoms. The Bertz CT molecular complexity index is 414. The molecule has 108 valence electrons. The van der Waals surface area contributed by atoms with Crippen LogP contribution in [0.15, 0.2) is 12.1 Å². The molecule has 0 radical (unpaired) electrons. The minimum atomic E-state index is -0.0550. The largest absolute Gasteiger partial charge is 0.507 e. The van der Waals surface area contributed by atoms with Crippen LogP contribution in [0, 0.1) is 0 Å². The van der Waals surface area contributed by atoms with Crippen molar-refractivity contribution in [3.05, 3.63) is 28.8 Å². The first-order valence-electron chi connectivity index (χ1n) is 7.00. The number of aromatic hydroxyl groups is 1. The van der Waals surface area contributed by atoms with Crippen molar-refractivity contribution in [2.75, 3.05) is 0 Å². The van der Waals surface area contributed by atoms with Crippen LogP contribution in [0.1, 0.15) is 76.4 Å². The van der Waals surface area contributed by atoms with Gasteiger partial charge in [-0.05, 0) is 33.9 Å². The van der Waals surface area contributed by atoms with Gasteiger partial charge in [0, 0.05) is 4.83 Å². The van der Waals surface area contributed by atoms with Gasteiger partial charge in [0.15, 0.2) is 0 Å². The Kier molecular flexibility index (Phi) is 4.77. The SMILES string of the molecule is CCC(Br)c1cc(C(C)(C)C)c(O)c(C(C)(C)C)c1. The van der Waals surface area contributed by atoms with Crippen LogP contribution in [0.2, 0.25) is 0 Å². The summed E-state index contributed by atoms with van der Waals surface area (Å²) in [4.78, 5) is 0.343. The maximum atomic E-state index is 10.6. The minimum Gasteiger partial charge on any atom is -0.507 e. The molecule has 1 aromatic rings. The van der Waals surface area contributed by atoms with Crippen molar-refractivity contribution in [1.82, 2.24) is 0 Å². The average molecular weight is 327 g/mol. The van der Waals surface area contributed by atoms with Gasteiger partial charge in [-0.3, -0.25) is 0 Å². The van der Waals surface area contributed by atoms with Gasteiger partial charge in [0.1, 0.15) is 5.75 Å². The molecule has 0 amide bonds. The Balaban J connectivity index is 3.57. The summed E-state index contributed by atoms with van der Waals surface area (Å²) in [6, 6.07) is 4.29. The molecular formula is C17H27BrO. The molecule has 0 aliphatic heterocycles. The topological polar surface area (TPSA) is 20.2 Å². The fraction of sp³-hybridized carbons (Fsp3) is 0.647. The average Bonchev–Trinajstić information content (AvgIpc) is 2.25. The summed E-state index contributed by atoms with van der Waals surface area (Å²) in [7, 11) is 0. The van der Waals surface area contributed by atoms with E-state index in [4.69, 9.17) is 0 Å². The summed E-state index contributed by atoms with van der Waals surface area (Å²) in [5.41, 5.74) is 3.22. The summed E-state index contributed by atoms with van der Waals surface area (Å²) in [6.45, 7) is 15.0. The summed E-state index contributed by atoms with van der Waals surface area (Å²) in [5, 5.41) is 10.6. The second-order valence-electron chi connectivity index (χ2n) is 7.34. The van der Waals surface area contributed by atoms with Crippen molar-refractivity contribution in [3.63, 3.8) is 0 Å². The zero-order valence-corrected chi connectivity index (χ0v) is 14.9. The van der Waals surface area contributed by atoms with Crippen molar-refractivity contribution < 1.29 is 5.11 Å².